The Labute approximate surface area is 138 Å². The number of nitrogens with one attached hydrogen (secondary N) is 1. The average molecular weight is 375 g/mol. The second-order valence-corrected chi connectivity index (χ2v) is 8.13. The number of benzene rings is 1. The van der Waals surface area contributed by atoms with Crippen molar-refractivity contribution in [3.05, 3.63) is 28.0 Å². The third kappa shape index (κ3) is 3.64. The number of rotatable bonds is 5. The molecular weight excluding hydrogens is 360 g/mol. The van der Waals surface area contributed by atoms with Gasteiger partial charge in [0.1, 0.15) is 4.90 Å². The Balaban J connectivity index is 2.21. The van der Waals surface area contributed by atoms with Crippen LogP contribution >= 0.6 is 34.8 Å². The molecule has 0 radical (unpaired) electrons. The molecule has 21 heavy (non-hydrogen) atoms. The van der Waals surface area contributed by atoms with E-state index in [4.69, 9.17) is 34.8 Å². The van der Waals surface area contributed by atoms with Crippen molar-refractivity contribution >= 4 is 44.8 Å². The lowest BCUT2D eigenvalue weighted by molar-refractivity contribution is 0.342. The van der Waals surface area contributed by atoms with Crippen molar-refractivity contribution in [2.24, 2.45) is 5.41 Å². The summed E-state index contributed by atoms with van der Waals surface area (Å²) in [5.41, 5.74) is -0.230. The molecule has 1 aliphatic rings. The minimum Gasteiger partial charge on any atom is -0.211 e. The molecular formula is C13H15Cl3FNO2S. The molecule has 0 atom stereocenters. The van der Waals surface area contributed by atoms with E-state index in [0.717, 1.165) is 25.7 Å². The van der Waals surface area contributed by atoms with Gasteiger partial charge < -0.3 is 0 Å². The van der Waals surface area contributed by atoms with E-state index >= 15 is 0 Å². The Kier molecular flexibility index (Phi) is 5.42. The van der Waals surface area contributed by atoms with E-state index in [2.05, 4.69) is 4.72 Å². The number of sulfonamides is 1. The SMILES string of the molecule is O=S(=O)(NCC1(CCl)CCCC1)c1ccc(Cl)c(F)c1Cl. The zero-order chi connectivity index (χ0) is 15.7. The van der Waals surface area contributed by atoms with Gasteiger partial charge in [0.2, 0.25) is 10.0 Å². The van der Waals surface area contributed by atoms with Crippen LogP contribution in [0.15, 0.2) is 17.0 Å². The van der Waals surface area contributed by atoms with Crippen LogP contribution in [0, 0.1) is 11.2 Å². The quantitative estimate of drug-likeness (QED) is 0.620. The van der Waals surface area contributed by atoms with Crippen LogP contribution in [-0.4, -0.2) is 20.8 Å². The van der Waals surface area contributed by atoms with E-state index in [9.17, 15) is 12.8 Å². The second-order valence-electron chi connectivity index (χ2n) is 5.34. The summed E-state index contributed by atoms with van der Waals surface area (Å²) in [5.74, 6) is -0.549. The Morgan fingerprint density at radius 2 is 1.86 bits per heavy atom. The summed E-state index contributed by atoms with van der Waals surface area (Å²) in [7, 11) is -3.91. The summed E-state index contributed by atoms with van der Waals surface area (Å²) in [4.78, 5) is -0.311. The fraction of sp³-hybridized carbons (Fsp3) is 0.538. The second kappa shape index (κ2) is 6.59. The molecule has 0 amide bonds. The number of hydrogen-bond donors (Lipinski definition) is 1. The predicted octanol–water partition coefficient (Wildman–Crippen LogP) is 4.21. The molecule has 3 nitrogen and oxygen atoms in total. The van der Waals surface area contributed by atoms with Crippen LogP contribution in [0.25, 0.3) is 0 Å². The maximum atomic E-state index is 13.6. The van der Waals surface area contributed by atoms with Gasteiger partial charge >= 0.3 is 0 Å². The Hall–Kier alpha value is -0.0700. The van der Waals surface area contributed by atoms with Gasteiger partial charge in [-0.15, -0.1) is 11.6 Å². The summed E-state index contributed by atoms with van der Waals surface area (Å²) >= 11 is 17.3. The van der Waals surface area contributed by atoms with Crippen LogP contribution in [0.5, 0.6) is 0 Å². The standard InChI is InChI=1S/C13H15Cl3FNO2S/c14-7-13(5-1-2-6-13)8-18-21(19,20)10-4-3-9(15)12(17)11(10)16/h3-4,18H,1-2,5-8H2. The molecule has 0 bridgehead atoms. The van der Waals surface area contributed by atoms with Gasteiger partial charge in [-0.3, -0.25) is 0 Å². The molecule has 0 aromatic heterocycles. The van der Waals surface area contributed by atoms with Gasteiger partial charge in [-0.05, 0) is 30.4 Å². The van der Waals surface area contributed by atoms with Crippen molar-refractivity contribution in [2.45, 2.75) is 30.6 Å². The van der Waals surface area contributed by atoms with Crippen molar-refractivity contribution in [1.82, 2.24) is 4.72 Å². The first-order chi connectivity index (χ1) is 9.81. The van der Waals surface area contributed by atoms with E-state index in [1.54, 1.807) is 0 Å². The average Bonchev–Trinajstić information content (AvgIpc) is 2.92. The van der Waals surface area contributed by atoms with Crippen LogP contribution in [0.1, 0.15) is 25.7 Å². The van der Waals surface area contributed by atoms with Gasteiger partial charge in [-0.1, -0.05) is 36.0 Å². The van der Waals surface area contributed by atoms with E-state index in [1.165, 1.54) is 12.1 Å². The smallest absolute Gasteiger partial charge is 0.211 e. The maximum absolute atomic E-state index is 13.6. The predicted molar refractivity (Wildman–Crippen MR) is 83.2 cm³/mol. The highest BCUT2D eigenvalue weighted by Gasteiger charge is 2.34. The zero-order valence-corrected chi connectivity index (χ0v) is 14.2. The fourth-order valence-electron chi connectivity index (χ4n) is 2.52. The summed E-state index contributed by atoms with van der Waals surface area (Å²) < 4.78 is 40.7. The molecule has 118 valence electrons. The number of halogens is 4. The van der Waals surface area contributed by atoms with Crippen molar-refractivity contribution in [3.63, 3.8) is 0 Å². The van der Waals surface area contributed by atoms with Gasteiger partial charge in [-0.2, -0.15) is 0 Å². The van der Waals surface area contributed by atoms with E-state index in [1.807, 2.05) is 0 Å². The van der Waals surface area contributed by atoms with Crippen molar-refractivity contribution in [2.75, 3.05) is 12.4 Å². The summed E-state index contributed by atoms with van der Waals surface area (Å²) in [6.45, 7) is 0.222. The van der Waals surface area contributed by atoms with Crippen LogP contribution in [0.3, 0.4) is 0 Å². The van der Waals surface area contributed by atoms with E-state index < -0.39 is 20.9 Å². The van der Waals surface area contributed by atoms with Crippen LogP contribution < -0.4 is 4.72 Å². The van der Waals surface area contributed by atoms with Crippen LogP contribution in [0.4, 0.5) is 4.39 Å². The van der Waals surface area contributed by atoms with Crippen LogP contribution in [0.2, 0.25) is 10.0 Å². The minimum atomic E-state index is -3.91. The lowest BCUT2D eigenvalue weighted by Gasteiger charge is -2.26. The molecule has 1 N–H and O–H groups in total. The van der Waals surface area contributed by atoms with Crippen molar-refractivity contribution in [3.8, 4) is 0 Å². The van der Waals surface area contributed by atoms with Gasteiger partial charge in [0.15, 0.2) is 5.82 Å². The Morgan fingerprint density at radius 3 is 2.43 bits per heavy atom. The maximum Gasteiger partial charge on any atom is 0.242 e. The van der Waals surface area contributed by atoms with Crippen molar-refractivity contribution < 1.29 is 12.8 Å². The summed E-state index contributed by atoms with van der Waals surface area (Å²) in [6, 6.07) is 2.36. The lowest BCUT2D eigenvalue weighted by atomic mass is 9.89. The van der Waals surface area contributed by atoms with Gasteiger partial charge in [0.25, 0.3) is 0 Å². The third-order valence-corrected chi connectivity index (χ3v) is 6.66. The van der Waals surface area contributed by atoms with Gasteiger partial charge in [0, 0.05) is 12.4 Å². The molecule has 8 heteroatoms. The van der Waals surface area contributed by atoms with E-state index in [-0.39, 0.29) is 21.9 Å². The van der Waals surface area contributed by atoms with Crippen molar-refractivity contribution in [1.29, 1.82) is 0 Å². The van der Waals surface area contributed by atoms with Gasteiger partial charge in [0.05, 0.1) is 10.0 Å². The first-order valence-corrected chi connectivity index (χ1v) is 9.28. The largest absolute Gasteiger partial charge is 0.242 e. The fourth-order valence-corrected chi connectivity index (χ4v) is 4.79. The summed E-state index contributed by atoms with van der Waals surface area (Å²) in [6.07, 6.45) is 3.82. The molecule has 0 heterocycles. The highest BCUT2D eigenvalue weighted by atomic mass is 35.5. The molecule has 0 saturated heterocycles. The third-order valence-electron chi connectivity index (χ3n) is 3.87. The normalized spacial score (nSPS) is 18.1. The Morgan fingerprint density at radius 1 is 1.24 bits per heavy atom. The molecule has 0 unspecified atom stereocenters. The first-order valence-electron chi connectivity index (χ1n) is 6.50. The Bertz CT molecular complexity index is 631. The topological polar surface area (TPSA) is 46.2 Å². The number of alkyl halides is 1. The molecule has 1 aliphatic carbocycles. The minimum absolute atomic E-state index is 0.216. The number of hydrogen-bond acceptors (Lipinski definition) is 2. The van der Waals surface area contributed by atoms with E-state index in [0.29, 0.717) is 5.88 Å². The lowest BCUT2D eigenvalue weighted by Crippen LogP contribution is -2.37. The summed E-state index contributed by atoms with van der Waals surface area (Å²) in [5, 5.41) is -0.715. The first kappa shape index (κ1) is 17.3. The molecule has 0 aliphatic heterocycles. The molecule has 1 fully saturated rings. The molecule has 1 aromatic carbocycles. The molecule has 2 rings (SSSR count). The van der Waals surface area contributed by atoms with Crippen LogP contribution in [-0.2, 0) is 10.0 Å². The monoisotopic (exact) mass is 373 g/mol. The molecule has 1 saturated carbocycles. The molecule has 1 aromatic rings. The highest BCUT2D eigenvalue weighted by molar-refractivity contribution is 7.89. The molecule has 0 spiro atoms. The highest BCUT2D eigenvalue weighted by Crippen LogP contribution is 2.39. The van der Waals surface area contributed by atoms with Gasteiger partial charge in [-0.25, -0.2) is 17.5 Å². The zero-order valence-electron chi connectivity index (χ0n) is 11.1.